The number of hydrogen-bond acceptors (Lipinski definition) is 4. The van der Waals surface area contributed by atoms with Gasteiger partial charge in [-0.1, -0.05) is 36.4 Å². The number of nitrogens with two attached hydrogens (primary N) is 2. The molecule has 0 spiro atoms. The first kappa shape index (κ1) is 12.0. The summed E-state index contributed by atoms with van der Waals surface area (Å²) >= 11 is 0. The maximum atomic E-state index is 4.85. The molecule has 0 aliphatic heterocycles. The maximum absolute atomic E-state index is 4.85. The highest BCUT2D eigenvalue weighted by molar-refractivity contribution is 5.20. The molecular formula is C12H14N2O2. The summed E-state index contributed by atoms with van der Waals surface area (Å²) in [7, 11) is 0. The van der Waals surface area contributed by atoms with Crippen LogP contribution in [0.1, 0.15) is 0 Å². The Balaban J connectivity index is 0.000000160. The second kappa shape index (κ2) is 7.28. The Kier molecular flexibility index (Phi) is 5.47. The Hall–Kier alpha value is -2.04. The third-order valence-corrected chi connectivity index (χ3v) is 1.76. The minimum Gasteiger partial charge on any atom is -0.412 e. The predicted molar refractivity (Wildman–Crippen MR) is 62.5 cm³/mol. The van der Waals surface area contributed by atoms with Crippen molar-refractivity contribution in [3.8, 4) is 11.5 Å². The van der Waals surface area contributed by atoms with Gasteiger partial charge in [0.05, 0.1) is 0 Å². The van der Waals surface area contributed by atoms with Crippen LogP contribution in [0, 0.1) is 0 Å². The molecule has 0 aliphatic carbocycles. The van der Waals surface area contributed by atoms with Gasteiger partial charge in [-0.2, -0.15) is 11.8 Å². The minimum atomic E-state index is 0.688. The first-order chi connectivity index (χ1) is 7.86. The third kappa shape index (κ3) is 4.45. The van der Waals surface area contributed by atoms with E-state index in [-0.39, 0.29) is 0 Å². The van der Waals surface area contributed by atoms with Crippen LogP contribution in [0.3, 0.4) is 0 Å². The molecule has 0 aliphatic rings. The van der Waals surface area contributed by atoms with Crippen LogP contribution in [-0.2, 0) is 0 Å². The van der Waals surface area contributed by atoms with Crippen molar-refractivity contribution in [1.82, 2.24) is 0 Å². The molecule has 0 atom stereocenters. The molecule has 2 aromatic rings. The second-order valence-corrected chi connectivity index (χ2v) is 2.86. The third-order valence-electron chi connectivity index (χ3n) is 1.76. The van der Waals surface area contributed by atoms with E-state index in [1.54, 1.807) is 24.3 Å². The fraction of sp³-hybridized carbons (Fsp3) is 0. The van der Waals surface area contributed by atoms with Crippen LogP contribution in [0.4, 0.5) is 0 Å². The minimum absolute atomic E-state index is 0.688. The molecule has 0 saturated heterocycles. The Morgan fingerprint density at radius 3 is 1.06 bits per heavy atom. The molecule has 0 unspecified atom stereocenters. The lowest BCUT2D eigenvalue weighted by Gasteiger charge is -1.92. The van der Waals surface area contributed by atoms with Crippen molar-refractivity contribution in [1.29, 1.82) is 0 Å². The van der Waals surface area contributed by atoms with E-state index in [1.807, 2.05) is 36.4 Å². The molecule has 0 fully saturated rings. The van der Waals surface area contributed by atoms with Crippen LogP contribution in [-0.4, -0.2) is 0 Å². The van der Waals surface area contributed by atoms with Crippen molar-refractivity contribution in [2.45, 2.75) is 0 Å². The van der Waals surface area contributed by atoms with Gasteiger partial charge in [0.15, 0.2) is 0 Å². The van der Waals surface area contributed by atoms with E-state index in [1.165, 1.54) is 0 Å². The molecule has 0 heterocycles. The van der Waals surface area contributed by atoms with Gasteiger partial charge < -0.3 is 9.68 Å². The largest absolute Gasteiger partial charge is 0.412 e. The summed E-state index contributed by atoms with van der Waals surface area (Å²) < 4.78 is 0. The summed E-state index contributed by atoms with van der Waals surface area (Å²) in [6.07, 6.45) is 0. The summed E-state index contributed by atoms with van der Waals surface area (Å²) in [6, 6.07) is 18.4. The molecule has 4 N–H and O–H groups in total. The highest BCUT2D eigenvalue weighted by Gasteiger charge is 1.82. The van der Waals surface area contributed by atoms with Crippen molar-refractivity contribution in [3.05, 3.63) is 60.7 Å². The molecule has 0 saturated carbocycles. The molecule has 4 nitrogen and oxygen atoms in total. The van der Waals surface area contributed by atoms with Crippen molar-refractivity contribution in [2.24, 2.45) is 11.8 Å². The normalized spacial score (nSPS) is 8.62. The number of para-hydroxylation sites is 2. The zero-order valence-electron chi connectivity index (χ0n) is 8.74. The smallest absolute Gasteiger partial charge is 0.146 e. The molecule has 0 aromatic heterocycles. The van der Waals surface area contributed by atoms with E-state index in [2.05, 4.69) is 9.68 Å². The Morgan fingerprint density at radius 1 is 0.562 bits per heavy atom. The number of rotatable bonds is 2. The molecule has 0 radical (unpaired) electrons. The van der Waals surface area contributed by atoms with Gasteiger partial charge in [-0.15, -0.1) is 0 Å². The standard InChI is InChI=1S/2C6H7NO/c2*7-8-6-4-2-1-3-5-6/h2*1-5H,7H2. The summed E-state index contributed by atoms with van der Waals surface area (Å²) in [5, 5.41) is 0. The van der Waals surface area contributed by atoms with Crippen LogP contribution in [0.25, 0.3) is 0 Å². The molecule has 2 rings (SSSR count). The first-order valence-corrected chi connectivity index (χ1v) is 4.70. The molecule has 16 heavy (non-hydrogen) atoms. The lowest BCUT2D eigenvalue weighted by molar-refractivity contribution is 0.334. The van der Waals surface area contributed by atoms with E-state index in [9.17, 15) is 0 Å². The van der Waals surface area contributed by atoms with Gasteiger partial charge >= 0.3 is 0 Å². The van der Waals surface area contributed by atoms with Crippen molar-refractivity contribution >= 4 is 0 Å². The van der Waals surface area contributed by atoms with Gasteiger partial charge in [0, 0.05) is 0 Å². The SMILES string of the molecule is NOc1ccccc1.NOc1ccccc1. The predicted octanol–water partition coefficient (Wildman–Crippen LogP) is 1.88. The zero-order chi connectivity index (χ0) is 11.6. The van der Waals surface area contributed by atoms with Gasteiger partial charge in [-0.05, 0) is 24.3 Å². The van der Waals surface area contributed by atoms with Gasteiger partial charge in [-0.3, -0.25) is 0 Å². The summed E-state index contributed by atoms with van der Waals surface area (Å²) in [4.78, 5) is 8.83. The van der Waals surface area contributed by atoms with E-state index in [0.29, 0.717) is 11.5 Å². The van der Waals surface area contributed by atoms with E-state index < -0.39 is 0 Å². The van der Waals surface area contributed by atoms with Gasteiger partial charge in [0.1, 0.15) is 11.5 Å². The Labute approximate surface area is 94.3 Å². The van der Waals surface area contributed by atoms with E-state index in [4.69, 9.17) is 11.8 Å². The molecule has 84 valence electrons. The average molecular weight is 218 g/mol. The topological polar surface area (TPSA) is 70.5 Å². The van der Waals surface area contributed by atoms with Gasteiger partial charge in [-0.25, -0.2) is 0 Å². The zero-order valence-corrected chi connectivity index (χ0v) is 8.74. The molecule has 0 amide bonds. The molecular weight excluding hydrogens is 204 g/mol. The number of benzene rings is 2. The average Bonchev–Trinajstić information content (AvgIpc) is 2.41. The monoisotopic (exact) mass is 218 g/mol. The summed E-state index contributed by atoms with van der Waals surface area (Å²) in [5.74, 6) is 11.1. The highest BCUT2D eigenvalue weighted by atomic mass is 16.6. The fourth-order valence-corrected chi connectivity index (χ4v) is 0.998. The van der Waals surface area contributed by atoms with Crippen LogP contribution in [0.2, 0.25) is 0 Å². The fourth-order valence-electron chi connectivity index (χ4n) is 0.998. The van der Waals surface area contributed by atoms with E-state index >= 15 is 0 Å². The summed E-state index contributed by atoms with van der Waals surface area (Å²) in [6.45, 7) is 0. The maximum Gasteiger partial charge on any atom is 0.146 e. The van der Waals surface area contributed by atoms with Crippen molar-refractivity contribution < 1.29 is 9.68 Å². The Bertz CT molecular complexity index is 339. The second-order valence-electron chi connectivity index (χ2n) is 2.86. The molecule has 2 aromatic carbocycles. The first-order valence-electron chi connectivity index (χ1n) is 4.70. The quantitative estimate of drug-likeness (QED) is 0.755. The number of hydrogen-bond donors (Lipinski definition) is 2. The highest BCUT2D eigenvalue weighted by Crippen LogP contribution is 2.05. The van der Waals surface area contributed by atoms with Crippen LogP contribution < -0.4 is 21.5 Å². The van der Waals surface area contributed by atoms with Crippen LogP contribution in [0.5, 0.6) is 11.5 Å². The Morgan fingerprint density at radius 2 is 0.875 bits per heavy atom. The van der Waals surface area contributed by atoms with Crippen LogP contribution >= 0.6 is 0 Å². The van der Waals surface area contributed by atoms with Crippen molar-refractivity contribution in [2.75, 3.05) is 0 Å². The molecule has 4 heteroatoms. The van der Waals surface area contributed by atoms with Gasteiger partial charge in [0.2, 0.25) is 0 Å². The van der Waals surface area contributed by atoms with Gasteiger partial charge in [0.25, 0.3) is 0 Å². The van der Waals surface area contributed by atoms with Crippen LogP contribution in [0.15, 0.2) is 60.7 Å². The molecule has 0 bridgehead atoms. The summed E-state index contributed by atoms with van der Waals surface area (Å²) in [5.41, 5.74) is 0. The lowest BCUT2D eigenvalue weighted by atomic mass is 10.3. The lowest BCUT2D eigenvalue weighted by Crippen LogP contribution is -2.00. The van der Waals surface area contributed by atoms with E-state index in [0.717, 1.165) is 0 Å². The van der Waals surface area contributed by atoms with Crippen molar-refractivity contribution in [3.63, 3.8) is 0 Å².